The van der Waals surface area contributed by atoms with E-state index in [-0.39, 0.29) is 11.6 Å². The highest BCUT2D eigenvalue weighted by Gasteiger charge is 2.10. The van der Waals surface area contributed by atoms with Crippen LogP contribution in [0.4, 0.5) is 10.1 Å². The van der Waals surface area contributed by atoms with Gasteiger partial charge in [0.15, 0.2) is 0 Å². The highest BCUT2D eigenvalue weighted by Crippen LogP contribution is 2.16. The molecule has 0 fully saturated rings. The van der Waals surface area contributed by atoms with Crippen molar-refractivity contribution in [2.24, 2.45) is 7.05 Å². The Labute approximate surface area is 98.1 Å². The van der Waals surface area contributed by atoms with Crippen LogP contribution in [0.3, 0.4) is 0 Å². The minimum Gasteiger partial charge on any atom is -0.319 e. The first kappa shape index (κ1) is 11.3. The minimum absolute atomic E-state index is 0.179. The van der Waals surface area contributed by atoms with Crippen LogP contribution in [0.1, 0.15) is 15.9 Å². The maximum Gasteiger partial charge on any atom is 0.258 e. The third-order valence-electron chi connectivity index (χ3n) is 2.34. The van der Waals surface area contributed by atoms with Gasteiger partial charge in [-0.05, 0) is 24.6 Å². The molecule has 0 bridgehead atoms. The molecular weight excluding hydrogens is 221 g/mol. The lowest BCUT2D eigenvalue weighted by Gasteiger charge is -2.05. The number of hydrogen-bond donors (Lipinski definition) is 1. The molecule has 1 amide bonds. The average Bonchev–Trinajstić information content (AvgIpc) is 2.70. The molecule has 1 aromatic heterocycles. The van der Waals surface area contributed by atoms with E-state index in [1.807, 2.05) is 6.92 Å². The summed E-state index contributed by atoms with van der Waals surface area (Å²) in [5.74, 6) is -0.824. The lowest BCUT2D eigenvalue weighted by Crippen LogP contribution is -2.12. The Morgan fingerprint density at radius 1 is 1.47 bits per heavy atom. The molecule has 2 aromatic rings. The normalized spacial score (nSPS) is 10.3. The first-order valence-corrected chi connectivity index (χ1v) is 5.12. The van der Waals surface area contributed by atoms with Gasteiger partial charge < -0.3 is 5.32 Å². The molecule has 0 aliphatic rings. The highest BCUT2D eigenvalue weighted by molar-refractivity contribution is 6.04. The van der Waals surface area contributed by atoms with E-state index in [1.54, 1.807) is 25.4 Å². The van der Waals surface area contributed by atoms with Crippen molar-refractivity contribution in [3.63, 3.8) is 0 Å². The van der Waals surface area contributed by atoms with Gasteiger partial charge in [0.25, 0.3) is 5.91 Å². The molecule has 0 spiro atoms. The van der Waals surface area contributed by atoms with E-state index in [2.05, 4.69) is 10.4 Å². The predicted octanol–water partition coefficient (Wildman–Crippen LogP) is 2.12. The molecule has 2 rings (SSSR count). The molecule has 0 radical (unpaired) electrons. The maximum atomic E-state index is 13.4. The van der Waals surface area contributed by atoms with Gasteiger partial charge in [0.1, 0.15) is 5.82 Å². The monoisotopic (exact) mass is 233 g/mol. The second-order valence-corrected chi connectivity index (χ2v) is 3.84. The van der Waals surface area contributed by atoms with Crippen LogP contribution in [0.15, 0.2) is 30.6 Å². The summed E-state index contributed by atoms with van der Waals surface area (Å²) in [4.78, 5) is 11.8. The number of benzene rings is 1. The predicted molar refractivity (Wildman–Crippen MR) is 62.3 cm³/mol. The Balaban J connectivity index is 2.21. The number of aryl methyl sites for hydroxylation is 2. The number of aromatic nitrogens is 2. The van der Waals surface area contributed by atoms with Crippen molar-refractivity contribution in [2.45, 2.75) is 6.92 Å². The van der Waals surface area contributed by atoms with Crippen LogP contribution >= 0.6 is 0 Å². The SMILES string of the molecule is Cc1ccc(F)c(NC(=O)c2cnn(C)c2)c1. The fraction of sp³-hybridized carbons (Fsp3) is 0.167. The second kappa shape index (κ2) is 4.37. The summed E-state index contributed by atoms with van der Waals surface area (Å²) in [6.45, 7) is 1.83. The number of carbonyl (C=O) groups is 1. The Morgan fingerprint density at radius 2 is 2.24 bits per heavy atom. The number of amides is 1. The van der Waals surface area contributed by atoms with Crippen molar-refractivity contribution >= 4 is 11.6 Å². The molecule has 0 aliphatic heterocycles. The van der Waals surface area contributed by atoms with Gasteiger partial charge in [0.2, 0.25) is 0 Å². The van der Waals surface area contributed by atoms with Crippen molar-refractivity contribution in [3.8, 4) is 0 Å². The van der Waals surface area contributed by atoms with Gasteiger partial charge in [-0.15, -0.1) is 0 Å². The third kappa shape index (κ3) is 2.50. The number of carbonyl (C=O) groups excluding carboxylic acids is 1. The van der Waals surface area contributed by atoms with Crippen LogP contribution < -0.4 is 5.32 Å². The summed E-state index contributed by atoms with van der Waals surface area (Å²) in [7, 11) is 1.71. The highest BCUT2D eigenvalue weighted by atomic mass is 19.1. The third-order valence-corrected chi connectivity index (χ3v) is 2.34. The Hall–Kier alpha value is -2.17. The summed E-state index contributed by atoms with van der Waals surface area (Å²) in [5, 5.41) is 6.39. The first-order valence-electron chi connectivity index (χ1n) is 5.12. The number of hydrogen-bond acceptors (Lipinski definition) is 2. The molecule has 88 valence electrons. The molecule has 17 heavy (non-hydrogen) atoms. The van der Waals surface area contributed by atoms with Crippen molar-refractivity contribution in [2.75, 3.05) is 5.32 Å². The number of anilines is 1. The molecule has 1 aromatic carbocycles. The zero-order valence-electron chi connectivity index (χ0n) is 9.57. The van der Waals surface area contributed by atoms with E-state index in [0.29, 0.717) is 5.56 Å². The minimum atomic E-state index is -0.451. The fourth-order valence-corrected chi connectivity index (χ4v) is 1.47. The van der Waals surface area contributed by atoms with Gasteiger partial charge in [-0.1, -0.05) is 6.07 Å². The van der Waals surface area contributed by atoms with Gasteiger partial charge in [-0.25, -0.2) is 4.39 Å². The van der Waals surface area contributed by atoms with E-state index in [9.17, 15) is 9.18 Å². The van der Waals surface area contributed by atoms with Crippen LogP contribution in [0.5, 0.6) is 0 Å². The molecule has 0 unspecified atom stereocenters. The lowest BCUT2D eigenvalue weighted by molar-refractivity contribution is 0.102. The quantitative estimate of drug-likeness (QED) is 0.863. The van der Waals surface area contributed by atoms with Crippen molar-refractivity contribution < 1.29 is 9.18 Å². The van der Waals surface area contributed by atoms with Crippen molar-refractivity contribution in [1.29, 1.82) is 0 Å². The standard InChI is InChI=1S/C12H12FN3O/c1-8-3-4-10(13)11(5-8)15-12(17)9-6-14-16(2)7-9/h3-7H,1-2H3,(H,15,17). The van der Waals surface area contributed by atoms with E-state index in [1.165, 1.54) is 16.9 Å². The molecular formula is C12H12FN3O. The number of halogens is 1. The van der Waals surface area contributed by atoms with E-state index in [4.69, 9.17) is 0 Å². The van der Waals surface area contributed by atoms with E-state index < -0.39 is 5.82 Å². The van der Waals surface area contributed by atoms with Crippen molar-refractivity contribution in [1.82, 2.24) is 9.78 Å². The molecule has 0 saturated carbocycles. The average molecular weight is 233 g/mol. The smallest absolute Gasteiger partial charge is 0.258 e. The van der Waals surface area contributed by atoms with Crippen LogP contribution in [0.25, 0.3) is 0 Å². The van der Waals surface area contributed by atoms with E-state index in [0.717, 1.165) is 5.56 Å². The van der Waals surface area contributed by atoms with Gasteiger partial charge in [0, 0.05) is 13.2 Å². The van der Waals surface area contributed by atoms with Gasteiger partial charge in [-0.2, -0.15) is 5.10 Å². The Kier molecular flexibility index (Phi) is 2.91. The second-order valence-electron chi connectivity index (χ2n) is 3.84. The summed E-state index contributed by atoms with van der Waals surface area (Å²) in [6.07, 6.45) is 3.01. The fourth-order valence-electron chi connectivity index (χ4n) is 1.47. The maximum absolute atomic E-state index is 13.4. The lowest BCUT2D eigenvalue weighted by atomic mass is 10.2. The van der Waals surface area contributed by atoms with E-state index >= 15 is 0 Å². The summed E-state index contributed by atoms with van der Waals surface area (Å²) in [5.41, 5.74) is 1.46. The van der Waals surface area contributed by atoms with Crippen LogP contribution in [0, 0.1) is 12.7 Å². The number of nitrogens with zero attached hydrogens (tertiary/aromatic N) is 2. The zero-order valence-corrected chi connectivity index (χ0v) is 9.57. The number of rotatable bonds is 2. The Morgan fingerprint density at radius 3 is 2.88 bits per heavy atom. The summed E-state index contributed by atoms with van der Waals surface area (Å²) in [6, 6.07) is 4.56. The van der Waals surface area contributed by atoms with Crippen molar-refractivity contribution in [3.05, 3.63) is 47.5 Å². The van der Waals surface area contributed by atoms with Gasteiger partial charge in [-0.3, -0.25) is 9.48 Å². The molecule has 4 nitrogen and oxygen atoms in total. The molecule has 1 heterocycles. The Bertz CT molecular complexity index is 563. The zero-order chi connectivity index (χ0) is 12.4. The van der Waals surface area contributed by atoms with Crippen LogP contribution in [0.2, 0.25) is 0 Å². The molecule has 1 N–H and O–H groups in total. The molecule has 0 aliphatic carbocycles. The van der Waals surface area contributed by atoms with Gasteiger partial charge in [0.05, 0.1) is 17.4 Å². The first-order chi connectivity index (χ1) is 8.06. The summed E-state index contributed by atoms with van der Waals surface area (Å²) >= 11 is 0. The van der Waals surface area contributed by atoms with Crippen LogP contribution in [-0.2, 0) is 7.05 Å². The van der Waals surface area contributed by atoms with Gasteiger partial charge >= 0.3 is 0 Å². The largest absolute Gasteiger partial charge is 0.319 e. The topological polar surface area (TPSA) is 46.9 Å². The summed E-state index contributed by atoms with van der Waals surface area (Å²) < 4.78 is 14.9. The molecule has 0 atom stereocenters. The molecule has 5 heteroatoms. The molecule has 0 saturated heterocycles. The number of nitrogens with one attached hydrogen (secondary N) is 1. The van der Waals surface area contributed by atoms with Crippen LogP contribution in [-0.4, -0.2) is 15.7 Å².